The quantitative estimate of drug-likeness (QED) is 0.694. The Balaban J connectivity index is 2.20. The first-order valence-electron chi connectivity index (χ1n) is 5.10. The summed E-state index contributed by atoms with van der Waals surface area (Å²) in [7, 11) is 0. The van der Waals surface area contributed by atoms with Gasteiger partial charge in [-0.3, -0.25) is 15.1 Å². The van der Waals surface area contributed by atoms with Gasteiger partial charge in [-0.1, -0.05) is 6.07 Å². The van der Waals surface area contributed by atoms with E-state index in [1.165, 1.54) is 12.3 Å². The largest absolute Gasteiger partial charge is 0.360 e. The Labute approximate surface area is 111 Å². The third-order valence-corrected chi connectivity index (χ3v) is 2.88. The lowest BCUT2D eigenvalue weighted by Crippen LogP contribution is -2.05. The Morgan fingerprint density at radius 2 is 2.22 bits per heavy atom. The number of nitro groups is 1. The van der Waals surface area contributed by atoms with Crippen molar-refractivity contribution in [2.45, 2.75) is 6.54 Å². The molecule has 6 nitrogen and oxygen atoms in total. The van der Waals surface area contributed by atoms with Gasteiger partial charge in [0, 0.05) is 25.1 Å². The average Bonchev–Trinajstić information content (AvgIpc) is 2.37. The van der Waals surface area contributed by atoms with E-state index in [1.807, 2.05) is 6.07 Å². The number of hydrogen-bond donors (Lipinski definition) is 1. The van der Waals surface area contributed by atoms with Crippen molar-refractivity contribution in [3.8, 4) is 0 Å². The van der Waals surface area contributed by atoms with E-state index in [-0.39, 0.29) is 11.5 Å². The highest BCUT2D eigenvalue weighted by atomic mass is 79.9. The molecule has 0 aromatic carbocycles. The van der Waals surface area contributed by atoms with Crippen LogP contribution in [0.2, 0.25) is 0 Å². The number of nitrogens with zero attached hydrogens (tertiary/aromatic N) is 3. The Morgan fingerprint density at radius 3 is 2.89 bits per heavy atom. The van der Waals surface area contributed by atoms with Crippen molar-refractivity contribution in [3.63, 3.8) is 0 Å². The molecule has 0 saturated heterocycles. The zero-order chi connectivity index (χ0) is 13.0. The Bertz CT molecular complexity index is 562. The van der Waals surface area contributed by atoms with Gasteiger partial charge < -0.3 is 5.32 Å². The number of hydrogen-bond acceptors (Lipinski definition) is 5. The first kappa shape index (κ1) is 12.4. The van der Waals surface area contributed by atoms with Gasteiger partial charge in [-0.25, -0.2) is 4.98 Å². The third-order valence-electron chi connectivity index (χ3n) is 2.24. The molecule has 2 aromatic rings. The maximum Gasteiger partial charge on any atom is 0.325 e. The minimum Gasteiger partial charge on any atom is -0.360 e. The number of anilines is 1. The normalized spacial score (nSPS) is 10.1. The molecular weight excluding hydrogens is 300 g/mol. The van der Waals surface area contributed by atoms with Crippen LogP contribution in [0, 0.1) is 10.1 Å². The molecule has 0 amide bonds. The highest BCUT2D eigenvalue weighted by Crippen LogP contribution is 2.30. The Hall–Kier alpha value is -2.02. The highest BCUT2D eigenvalue weighted by molar-refractivity contribution is 9.10. The van der Waals surface area contributed by atoms with Gasteiger partial charge in [0.05, 0.1) is 4.92 Å². The number of aromatic nitrogens is 2. The molecule has 0 unspecified atom stereocenters. The van der Waals surface area contributed by atoms with E-state index in [1.54, 1.807) is 18.5 Å². The maximum atomic E-state index is 10.9. The summed E-state index contributed by atoms with van der Waals surface area (Å²) in [6.45, 7) is 0.429. The molecule has 7 heteroatoms. The summed E-state index contributed by atoms with van der Waals surface area (Å²) in [5.41, 5.74) is 0.856. The van der Waals surface area contributed by atoms with E-state index in [2.05, 4.69) is 31.2 Å². The fraction of sp³-hybridized carbons (Fsp3) is 0.0909. The molecule has 2 aromatic heterocycles. The molecule has 0 atom stereocenters. The number of pyridine rings is 2. The van der Waals surface area contributed by atoms with Gasteiger partial charge in [0.1, 0.15) is 4.47 Å². The lowest BCUT2D eigenvalue weighted by molar-refractivity contribution is -0.385. The molecule has 0 fully saturated rings. The summed E-state index contributed by atoms with van der Waals surface area (Å²) < 4.78 is 0.399. The molecule has 1 N–H and O–H groups in total. The van der Waals surface area contributed by atoms with Crippen molar-refractivity contribution in [1.29, 1.82) is 0 Å². The van der Waals surface area contributed by atoms with Gasteiger partial charge in [0.25, 0.3) is 0 Å². The van der Waals surface area contributed by atoms with Crippen molar-refractivity contribution < 1.29 is 4.92 Å². The van der Waals surface area contributed by atoms with E-state index in [4.69, 9.17) is 0 Å². The molecule has 0 aliphatic rings. The molecule has 2 rings (SSSR count). The van der Waals surface area contributed by atoms with Crippen molar-refractivity contribution in [2.75, 3.05) is 5.32 Å². The smallest absolute Gasteiger partial charge is 0.325 e. The van der Waals surface area contributed by atoms with Crippen LogP contribution < -0.4 is 5.32 Å². The first-order valence-corrected chi connectivity index (χ1v) is 5.89. The lowest BCUT2D eigenvalue weighted by Gasteiger charge is -2.06. The Kier molecular flexibility index (Phi) is 3.83. The molecule has 18 heavy (non-hydrogen) atoms. The van der Waals surface area contributed by atoms with Crippen molar-refractivity contribution >= 4 is 27.4 Å². The molecule has 0 aliphatic carbocycles. The third kappa shape index (κ3) is 2.80. The second-order valence-corrected chi connectivity index (χ2v) is 4.32. The van der Waals surface area contributed by atoms with Gasteiger partial charge >= 0.3 is 5.69 Å². The van der Waals surface area contributed by atoms with Gasteiger partial charge in [0.2, 0.25) is 5.82 Å². The molecule has 92 valence electrons. The SMILES string of the molecule is O=[N+]([O-])c1c(Br)ccnc1NCc1cccnc1. The van der Waals surface area contributed by atoms with Crippen LogP contribution in [0.25, 0.3) is 0 Å². The second kappa shape index (κ2) is 5.54. The minimum absolute atomic E-state index is 0.0682. The van der Waals surface area contributed by atoms with E-state index in [0.29, 0.717) is 11.0 Å². The summed E-state index contributed by atoms with van der Waals surface area (Å²) >= 11 is 3.14. The molecule has 2 heterocycles. The number of rotatable bonds is 4. The predicted octanol–water partition coefficient (Wildman–Crippen LogP) is 2.76. The van der Waals surface area contributed by atoms with Crippen LogP contribution in [0.5, 0.6) is 0 Å². The maximum absolute atomic E-state index is 10.9. The van der Waals surface area contributed by atoms with E-state index < -0.39 is 4.92 Å². The predicted molar refractivity (Wildman–Crippen MR) is 70.2 cm³/mol. The van der Waals surface area contributed by atoms with Crippen molar-refractivity contribution in [3.05, 3.63) is 56.9 Å². The minimum atomic E-state index is -0.470. The van der Waals surface area contributed by atoms with Gasteiger partial charge in [0.15, 0.2) is 0 Å². The van der Waals surface area contributed by atoms with Crippen molar-refractivity contribution in [1.82, 2.24) is 9.97 Å². The van der Waals surface area contributed by atoms with Gasteiger partial charge in [-0.05, 0) is 33.6 Å². The van der Waals surface area contributed by atoms with Crippen LogP contribution in [-0.2, 0) is 6.54 Å². The fourth-order valence-corrected chi connectivity index (χ4v) is 1.87. The van der Waals surface area contributed by atoms with Crippen LogP contribution >= 0.6 is 15.9 Å². The second-order valence-electron chi connectivity index (χ2n) is 3.46. The monoisotopic (exact) mass is 308 g/mol. The van der Waals surface area contributed by atoms with Crippen LogP contribution in [0.4, 0.5) is 11.5 Å². The lowest BCUT2D eigenvalue weighted by atomic mass is 10.3. The average molecular weight is 309 g/mol. The summed E-state index contributed by atoms with van der Waals surface area (Å²) in [6.07, 6.45) is 4.86. The molecule has 0 spiro atoms. The van der Waals surface area contributed by atoms with Gasteiger partial charge in [-0.2, -0.15) is 0 Å². The fourth-order valence-electron chi connectivity index (χ4n) is 1.42. The Morgan fingerprint density at radius 1 is 1.39 bits per heavy atom. The number of nitrogens with one attached hydrogen (secondary N) is 1. The van der Waals surface area contributed by atoms with E-state index in [9.17, 15) is 10.1 Å². The summed E-state index contributed by atoms with van der Waals surface area (Å²) in [4.78, 5) is 18.4. The van der Waals surface area contributed by atoms with Gasteiger partial charge in [-0.15, -0.1) is 0 Å². The van der Waals surface area contributed by atoms with Crippen LogP contribution in [0.15, 0.2) is 41.3 Å². The molecule has 0 saturated carbocycles. The standard InChI is InChI=1S/C11H9BrN4O2/c12-9-3-5-14-11(10(9)16(17)18)15-7-8-2-1-4-13-6-8/h1-6H,7H2,(H,14,15). The van der Waals surface area contributed by atoms with Crippen LogP contribution in [0.1, 0.15) is 5.56 Å². The zero-order valence-electron chi connectivity index (χ0n) is 9.21. The van der Waals surface area contributed by atoms with E-state index >= 15 is 0 Å². The van der Waals surface area contributed by atoms with Crippen molar-refractivity contribution in [2.24, 2.45) is 0 Å². The number of halogens is 1. The molecule has 0 aliphatic heterocycles. The first-order chi connectivity index (χ1) is 8.68. The summed E-state index contributed by atoms with van der Waals surface area (Å²) in [5, 5.41) is 13.9. The highest BCUT2D eigenvalue weighted by Gasteiger charge is 2.19. The summed E-state index contributed by atoms with van der Waals surface area (Å²) in [5.74, 6) is 0.234. The van der Waals surface area contributed by atoms with E-state index in [0.717, 1.165) is 5.56 Å². The topological polar surface area (TPSA) is 81.0 Å². The molecule has 0 bridgehead atoms. The molecule has 0 radical (unpaired) electrons. The summed E-state index contributed by atoms with van der Waals surface area (Å²) in [6, 6.07) is 5.22. The molecular formula is C11H9BrN4O2. The van der Waals surface area contributed by atoms with Crippen LogP contribution in [-0.4, -0.2) is 14.9 Å². The van der Waals surface area contributed by atoms with Crippen LogP contribution in [0.3, 0.4) is 0 Å². The zero-order valence-corrected chi connectivity index (χ0v) is 10.8.